The van der Waals surface area contributed by atoms with Crippen molar-refractivity contribution in [2.75, 3.05) is 19.6 Å². The molecule has 2 bridgehead atoms. The zero-order valence-corrected chi connectivity index (χ0v) is 20.5. The Hall–Kier alpha value is -3.49. The van der Waals surface area contributed by atoms with Crippen molar-refractivity contribution in [3.05, 3.63) is 89.4 Å². The second-order valence-electron chi connectivity index (χ2n) is 9.00. The van der Waals surface area contributed by atoms with Crippen molar-refractivity contribution in [3.8, 4) is 5.75 Å². The van der Waals surface area contributed by atoms with E-state index in [1.807, 2.05) is 48.5 Å². The quantitative estimate of drug-likeness (QED) is 0.443. The summed E-state index contributed by atoms with van der Waals surface area (Å²) in [5.41, 5.74) is 1.76. The van der Waals surface area contributed by atoms with Gasteiger partial charge in [0.25, 0.3) is 0 Å². The maximum Gasteiger partial charge on any atom is 0.408 e. The number of halogens is 1. The van der Waals surface area contributed by atoms with Gasteiger partial charge in [-0.15, -0.1) is 12.4 Å². The first-order chi connectivity index (χ1) is 17.0. The van der Waals surface area contributed by atoms with Crippen LogP contribution in [0.5, 0.6) is 5.75 Å². The topological polar surface area (TPSA) is 101 Å². The predicted octanol–water partition coefficient (Wildman–Crippen LogP) is 4.89. The Bertz CT molecular complexity index is 1180. The van der Waals surface area contributed by atoms with Gasteiger partial charge in [-0.25, -0.2) is 9.59 Å². The molecule has 3 aromatic rings. The van der Waals surface area contributed by atoms with Crippen molar-refractivity contribution in [1.82, 2.24) is 10.2 Å². The summed E-state index contributed by atoms with van der Waals surface area (Å²) in [6.07, 6.45) is 1.64. The van der Waals surface area contributed by atoms with Crippen molar-refractivity contribution in [2.45, 2.75) is 31.6 Å². The van der Waals surface area contributed by atoms with E-state index in [2.05, 4.69) is 10.2 Å². The highest BCUT2D eigenvalue weighted by molar-refractivity contribution is 5.85. The zero-order valence-electron chi connectivity index (χ0n) is 19.7. The molecule has 0 radical (unpaired) electrons. The van der Waals surface area contributed by atoms with Crippen molar-refractivity contribution in [2.24, 2.45) is 5.92 Å². The molecule has 2 aromatic carbocycles. The smallest absolute Gasteiger partial charge is 0.408 e. The van der Waals surface area contributed by atoms with Crippen LogP contribution in [-0.4, -0.2) is 47.8 Å². The maximum atomic E-state index is 13.0. The molecule has 4 heterocycles. The van der Waals surface area contributed by atoms with E-state index in [4.69, 9.17) is 19.0 Å². The predicted molar refractivity (Wildman–Crippen MR) is 135 cm³/mol. The molecule has 3 aliphatic rings. The summed E-state index contributed by atoms with van der Waals surface area (Å²) in [6.45, 7) is 3.05. The number of carboxylic acids is 1. The third-order valence-corrected chi connectivity index (χ3v) is 6.69. The van der Waals surface area contributed by atoms with E-state index >= 15 is 0 Å². The highest BCUT2D eigenvalue weighted by Crippen LogP contribution is 2.30. The van der Waals surface area contributed by atoms with Crippen LogP contribution in [0.2, 0.25) is 0 Å². The Labute approximate surface area is 215 Å². The summed E-state index contributed by atoms with van der Waals surface area (Å²) in [5, 5.41) is 12.1. The number of furan rings is 1. The van der Waals surface area contributed by atoms with Crippen LogP contribution >= 0.6 is 12.4 Å². The number of hydrogen-bond donors (Lipinski definition) is 2. The first-order valence-electron chi connectivity index (χ1n) is 11.8. The molecule has 1 aromatic heterocycles. The van der Waals surface area contributed by atoms with E-state index in [0.29, 0.717) is 17.4 Å². The molecular weight excluding hydrogens is 484 g/mol. The number of hydrogen-bond acceptors (Lipinski definition) is 6. The first kappa shape index (κ1) is 25.6. The molecule has 3 fully saturated rings. The number of fused-ring (bicyclic) bond motifs is 3. The van der Waals surface area contributed by atoms with Crippen LogP contribution < -0.4 is 10.1 Å². The highest BCUT2D eigenvalue weighted by Gasteiger charge is 2.36. The monoisotopic (exact) mass is 512 g/mol. The van der Waals surface area contributed by atoms with Gasteiger partial charge in [-0.3, -0.25) is 4.90 Å². The molecule has 0 spiro atoms. The fourth-order valence-electron chi connectivity index (χ4n) is 4.85. The molecule has 190 valence electrons. The number of nitrogens with one attached hydrogen (secondary N) is 1. The molecule has 2 atom stereocenters. The number of benzene rings is 2. The largest absolute Gasteiger partial charge is 0.486 e. The molecule has 0 unspecified atom stereocenters. The standard InChI is InChI=1S/C27H28N2O6.ClH/c30-26(31)23-10-9-22(34-23)17-33-21-8-4-7-20(15-21)25(19-5-2-1-3-6-19)28-27(32)35-24-16-29-13-11-18(24)12-14-29;/h1-10,15,18,24-25H,11-14,16-17H2,(H,28,32)(H,30,31);1H/t24-,25-;/m0./s1. The Morgan fingerprint density at radius 2 is 1.78 bits per heavy atom. The van der Waals surface area contributed by atoms with E-state index in [9.17, 15) is 9.59 Å². The van der Waals surface area contributed by atoms with Crippen LogP contribution in [0.3, 0.4) is 0 Å². The van der Waals surface area contributed by atoms with Crippen molar-refractivity contribution in [1.29, 1.82) is 0 Å². The fourth-order valence-corrected chi connectivity index (χ4v) is 4.85. The van der Waals surface area contributed by atoms with Gasteiger partial charge in [-0.1, -0.05) is 42.5 Å². The Morgan fingerprint density at radius 1 is 1.03 bits per heavy atom. The van der Waals surface area contributed by atoms with Gasteiger partial charge in [0.2, 0.25) is 5.76 Å². The second kappa shape index (κ2) is 11.5. The molecular formula is C27H29ClN2O6. The Morgan fingerprint density at radius 3 is 2.44 bits per heavy atom. The maximum absolute atomic E-state index is 13.0. The van der Waals surface area contributed by atoms with Crippen LogP contribution in [0.25, 0.3) is 0 Å². The van der Waals surface area contributed by atoms with Gasteiger partial charge in [0.1, 0.15) is 24.2 Å². The minimum atomic E-state index is -1.12. The highest BCUT2D eigenvalue weighted by atomic mass is 35.5. The van der Waals surface area contributed by atoms with Gasteiger partial charge in [0.15, 0.2) is 0 Å². The molecule has 0 saturated carbocycles. The first-order valence-corrected chi connectivity index (χ1v) is 11.8. The van der Waals surface area contributed by atoms with Crippen molar-refractivity contribution in [3.63, 3.8) is 0 Å². The zero-order chi connectivity index (χ0) is 24.2. The molecule has 2 N–H and O–H groups in total. The van der Waals surface area contributed by atoms with Crippen LogP contribution in [0.1, 0.15) is 46.3 Å². The number of piperidine rings is 3. The average Bonchev–Trinajstić information content (AvgIpc) is 3.37. The van der Waals surface area contributed by atoms with Crippen molar-refractivity contribution < 1.29 is 28.6 Å². The molecule has 9 heteroatoms. The third-order valence-electron chi connectivity index (χ3n) is 6.69. The summed E-state index contributed by atoms with van der Waals surface area (Å²) in [5.74, 6) is 0.157. The number of alkyl carbamates (subject to hydrolysis) is 1. The van der Waals surface area contributed by atoms with Gasteiger partial charge in [0.05, 0.1) is 6.04 Å². The van der Waals surface area contributed by atoms with Crippen LogP contribution in [0, 0.1) is 5.92 Å². The number of nitrogens with zero attached hydrogens (tertiary/aromatic N) is 1. The lowest BCUT2D eigenvalue weighted by Crippen LogP contribution is -2.52. The van der Waals surface area contributed by atoms with E-state index in [-0.39, 0.29) is 30.9 Å². The van der Waals surface area contributed by atoms with Crippen LogP contribution in [0.4, 0.5) is 4.79 Å². The number of carbonyl (C=O) groups excluding carboxylic acids is 1. The second-order valence-corrected chi connectivity index (χ2v) is 9.00. The molecule has 3 aliphatic heterocycles. The van der Waals surface area contributed by atoms with Crippen molar-refractivity contribution >= 4 is 24.5 Å². The fraction of sp³-hybridized carbons (Fsp3) is 0.333. The summed E-state index contributed by atoms with van der Waals surface area (Å²) >= 11 is 0. The normalized spacial score (nSPS) is 21.2. The lowest BCUT2D eigenvalue weighted by Gasteiger charge is -2.43. The lowest BCUT2D eigenvalue weighted by atomic mass is 9.86. The number of carboxylic acid groups (broad SMARTS) is 1. The summed E-state index contributed by atoms with van der Waals surface area (Å²) in [7, 11) is 0. The molecule has 1 amide bonds. The lowest BCUT2D eigenvalue weighted by molar-refractivity contribution is -0.0336. The van der Waals surface area contributed by atoms with Gasteiger partial charge in [-0.2, -0.15) is 0 Å². The van der Waals surface area contributed by atoms with E-state index in [1.54, 1.807) is 12.1 Å². The van der Waals surface area contributed by atoms with Crippen LogP contribution in [0.15, 0.2) is 71.1 Å². The minimum absolute atomic E-state index is 0. The minimum Gasteiger partial charge on any atom is -0.486 e. The summed E-state index contributed by atoms with van der Waals surface area (Å²) < 4.78 is 17.0. The van der Waals surface area contributed by atoms with E-state index in [0.717, 1.165) is 43.6 Å². The van der Waals surface area contributed by atoms with E-state index < -0.39 is 18.1 Å². The Balaban J connectivity index is 0.00000304. The van der Waals surface area contributed by atoms with Gasteiger partial charge < -0.3 is 24.3 Å². The number of amides is 1. The van der Waals surface area contributed by atoms with Crippen LogP contribution in [-0.2, 0) is 11.3 Å². The number of carbonyl (C=O) groups is 2. The summed E-state index contributed by atoms with van der Waals surface area (Å²) in [4.78, 5) is 26.3. The molecule has 36 heavy (non-hydrogen) atoms. The van der Waals surface area contributed by atoms with E-state index in [1.165, 1.54) is 6.07 Å². The third kappa shape index (κ3) is 6.01. The number of rotatable bonds is 8. The number of ether oxygens (including phenoxy) is 2. The van der Waals surface area contributed by atoms with Gasteiger partial charge >= 0.3 is 12.1 Å². The average molecular weight is 513 g/mol. The van der Waals surface area contributed by atoms with Gasteiger partial charge in [0, 0.05) is 6.54 Å². The number of aromatic carboxylic acids is 1. The SMILES string of the molecule is Cl.O=C(N[C@@H](c1ccccc1)c1cccc(OCc2ccc(C(=O)O)o2)c1)O[C@H]1CN2CCC1CC2. The summed E-state index contributed by atoms with van der Waals surface area (Å²) in [6, 6.07) is 19.7. The molecule has 8 nitrogen and oxygen atoms in total. The van der Waals surface area contributed by atoms with Gasteiger partial charge in [-0.05, 0) is 67.2 Å². The molecule has 3 saturated heterocycles. The molecule has 0 aliphatic carbocycles. The molecule has 6 rings (SSSR count). The Kier molecular flexibility index (Phi) is 8.18.